The number of nitrogens with one attached hydrogen (secondary N) is 1. The minimum absolute atomic E-state index is 0.309. The van der Waals surface area contributed by atoms with Gasteiger partial charge in [-0.25, -0.2) is 4.79 Å². The normalized spacial score (nSPS) is 12.8. The zero-order valence-electron chi connectivity index (χ0n) is 14.9. The van der Waals surface area contributed by atoms with Crippen LogP contribution in [0.15, 0.2) is 48.5 Å². The molecule has 0 bridgehead atoms. The van der Waals surface area contributed by atoms with Gasteiger partial charge in [0.15, 0.2) is 6.10 Å². The number of carbonyl (C=O) groups is 2. The van der Waals surface area contributed by atoms with E-state index in [0.717, 1.165) is 15.3 Å². The van der Waals surface area contributed by atoms with E-state index in [4.69, 9.17) is 4.74 Å². The molecule has 0 fully saturated rings. The molecule has 4 nitrogen and oxygen atoms in total. The Hall–Kier alpha value is -2.40. The minimum atomic E-state index is -0.834. The molecule has 0 aliphatic heterocycles. The summed E-state index contributed by atoms with van der Waals surface area (Å²) in [5.41, 5.74) is 0.778. The van der Waals surface area contributed by atoms with Gasteiger partial charge in [0, 0.05) is 21.4 Å². The van der Waals surface area contributed by atoms with Gasteiger partial charge >= 0.3 is 5.97 Å². The summed E-state index contributed by atoms with van der Waals surface area (Å²) in [6.45, 7) is 7.19. The largest absolute Gasteiger partial charge is 0.449 e. The molecular weight excluding hydrogens is 334 g/mol. The quantitative estimate of drug-likeness (QED) is 0.642. The molecule has 1 N–H and O–H groups in total. The van der Waals surface area contributed by atoms with Gasteiger partial charge in [0.2, 0.25) is 0 Å². The Balaban J connectivity index is 1.92. The molecule has 0 aliphatic carbocycles. The van der Waals surface area contributed by atoms with Crippen LogP contribution in [0.3, 0.4) is 0 Å². The maximum Gasteiger partial charge on any atom is 0.331 e. The van der Waals surface area contributed by atoms with Crippen molar-refractivity contribution < 1.29 is 14.3 Å². The smallest absolute Gasteiger partial charge is 0.331 e. The van der Waals surface area contributed by atoms with Gasteiger partial charge < -0.3 is 10.1 Å². The molecule has 1 heterocycles. The lowest BCUT2D eigenvalue weighted by Crippen LogP contribution is -2.46. The van der Waals surface area contributed by atoms with Gasteiger partial charge in [-0.3, -0.25) is 4.79 Å². The Bertz CT molecular complexity index is 757. The summed E-state index contributed by atoms with van der Waals surface area (Å²) in [7, 11) is 0. The van der Waals surface area contributed by atoms with Crippen molar-refractivity contribution in [3.8, 4) is 10.4 Å². The predicted molar refractivity (Wildman–Crippen MR) is 102 cm³/mol. The van der Waals surface area contributed by atoms with Crippen molar-refractivity contribution in [3.05, 3.63) is 53.4 Å². The second-order valence-electron chi connectivity index (χ2n) is 6.72. The fourth-order valence-electron chi connectivity index (χ4n) is 2.09. The number of thiophene rings is 1. The monoisotopic (exact) mass is 357 g/mol. The number of ether oxygens (including phenoxy) is 1. The molecule has 25 heavy (non-hydrogen) atoms. The fourth-order valence-corrected chi connectivity index (χ4v) is 3.00. The van der Waals surface area contributed by atoms with Crippen molar-refractivity contribution in [2.75, 3.05) is 0 Å². The summed E-state index contributed by atoms with van der Waals surface area (Å²) in [4.78, 5) is 25.9. The molecular formula is C20H23NO3S. The van der Waals surface area contributed by atoms with Gasteiger partial charge in [-0.2, -0.15) is 0 Å². The van der Waals surface area contributed by atoms with Crippen LogP contribution in [0.2, 0.25) is 0 Å². The number of benzene rings is 1. The Morgan fingerprint density at radius 3 is 2.44 bits per heavy atom. The summed E-state index contributed by atoms with van der Waals surface area (Å²) < 4.78 is 5.14. The highest BCUT2D eigenvalue weighted by Crippen LogP contribution is 2.28. The highest BCUT2D eigenvalue weighted by Gasteiger charge is 2.21. The van der Waals surface area contributed by atoms with Crippen LogP contribution < -0.4 is 5.32 Å². The maximum absolute atomic E-state index is 11.9. The molecule has 1 aromatic heterocycles. The third-order valence-corrected chi connectivity index (χ3v) is 4.33. The molecule has 2 aromatic rings. The number of hydrogen-bond acceptors (Lipinski definition) is 4. The van der Waals surface area contributed by atoms with Crippen LogP contribution in [0.5, 0.6) is 0 Å². The zero-order valence-corrected chi connectivity index (χ0v) is 15.7. The first kappa shape index (κ1) is 18.9. The number of amides is 1. The molecule has 1 unspecified atom stereocenters. The number of carbonyl (C=O) groups excluding carboxylic acids is 2. The molecule has 1 amide bonds. The molecule has 0 spiro atoms. The van der Waals surface area contributed by atoms with E-state index in [0.29, 0.717) is 0 Å². The topological polar surface area (TPSA) is 55.4 Å². The van der Waals surface area contributed by atoms with Gasteiger partial charge in [-0.05, 0) is 51.5 Å². The molecule has 0 saturated heterocycles. The molecule has 5 heteroatoms. The molecule has 132 valence electrons. The van der Waals surface area contributed by atoms with Gasteiger partial charge in [0.05, 0.1) is 0 Å². The Morgan fingerprint density at radius 1 is 1.12 bits per heavy atom. The SMILES string of the molecule is CC(OC(=O)/C=C/c1ccc(-c2ccccc2)s1)C(=O)NC(C)(C)C. The van der Waals surface area contributed by atoms with Crippen LogP contribution in [-0.4, -0.2) is 23.5 Å². The van der Waals surface area contributed by atoms with Crippen LogP contribution >= 0.6 is 11.3 Å². The van der Waals surface area contributed by atoms with Gasteiger partial charge in [-0.1, -0.05) is 30.3 Å². The first-order valence-electron chi connectivity index (χ1n) is 8.10. The van der Waals surface area contributed by atoms with Crippen LogP contribution in [0, 0.1) is 0 Å². The van der Waals surface area contributed by atoms with Gasteiger partial charge in [0.1, 0.15) is 0 Å². The van der Waals surface area contributed by atoms with E-state index >= 15 is 0 Å². The van der Waals surface area contributed by atoms with Crippen molar-refractivity contribution in [1.82, 2.24) is 5.32 Å². The van der Waals surface area contributed by atoms with Crippen LogP contribution in [-0.2, 0) is 14.3 Å². The molecule has 1 aromatic carbocycles. The molecule has 1 atom stereocenters. The van der Waals surface area contributed by atoms with Crippen molar-refractivity contribution in [2.45, 2.75) is 39.3 Å². The Kier molecular flexibility index (Phi) is 6.15. The average Bonchev–Trinajstić information content (AvgIpc) is 3.01. The zero-order chi connectivity index (χ0) is 18.4. The van der Waals surface area contributed by atoms with E-state index in [1.807, 2.05) is 63.2 Å². The van der Waals surface area contributed by atoms with Gasteiger partial charge in [-0.15, -0.1) is 11.3 Å². The second-order valence-corrected chi connectivity index (χ2v) is 7.84. The highest BCUT2D eigenvalue weighted by molar-refractivity contribution is 7.16. The van der Waals surface area contributed by atoms with Gasteiger partial charge in [0.25, 0.3) is 5.91 Å². The van der Waals surface area contributed by atoms with Crippen LogP contribution in [0.4, 0.5) is 0 Å². The van der Waals surface area contributed by atoms with E-state index in [-0.39, 0.29) is 11.4 Å². The van der Waals surface area contributed by atoms with E-state index in [9.17, 15) is 9.59 Å². The number of hydrogen-bond donors (Lipinski definition) is 1. The minimum Gasteiger partial charge on any atom is -0.449 e. The third kappa shape index (κ3) is 6.19. The van der Waals surface area contributed by atoms with E-state index < -0.39 is 12.1 Å². The molecule has 0 saturated carbocycles. The third-order valence-electron chi connectivity index (χ3n) is 3.23. The lowest BCUT2D eigenvalue weighted by Gasteiger charge is -2.22. The first-order valence-corrected chi connectivity index (χ1v) is 8.92. The molecule has 0 aliphatic rings. The molecule has 0 radical (unpaired) electrons. The second kappa shape index (κ2) is 8.12. The van der Waals surface area contributed by atoms with E-state index in [1.54, 1.807) is 24.3 Å². The molecule has 2 rings (SSSR count). The summed E-state index contributed by atoms with van der Waals surface area (Å²) in [6, 6.07) is 14.0. The summed E-state index contributed by atoms with van der Waals surface area (Å²) in [5.74, 6) is -0.844. The first-order chi connectivity index (χ1) is 11.7. The average molecular weight is 357 g/mol. The summed E-state index contributed by atoms with van der Waals surface area (Å²) >= 11 is 1.59. The fraction of sp³-hybridized carbons (Fsp3) is 0.300. The van der Waals surface area contributed by atoms with Crippen molar-refractivity contribution in [1.29, 1.82) is 0 Å². The van der Waals surface area contributed by atoms with Crippen LogP contribution in [0.25, 0.3) is 16.5 Å². The highest BCUT2D eigenvalue weighted by atomic mass is 32.1. The van der Waals surface area contributed by atoms with E-state index in [1.165, 1.54) is 6.08 Å². The van der Waals surface area contributed by atoms with Crippen LogP contribution in [0.1, 0.15) is 32.6 Å². The standard InChI is InChI=1S/C20H23NO3S/c1-14(19(23)21-20(2,3)4)24-18(22)13-11-16-10-12-17(25-16)15-8-6-5-7-9-15/h5-14H,1-4H3,(H,21,23)/b13-11+. The summed E-state index contributed by atoms with van der Waals surface area (Å²) in [6.07, 6.45) is 2.22. The number of rotatable bonds is 5. The summed E-state index contributed by atoms with van der Waals surface area (Å²) in [5, 5.41) is 2.78. The Labute approximate surface area is 152 Å². The van der Waals surface area contributed by atoms with E-state index in [2.05, 4.69) is 5.32 Å². The maximum atomic E-state index is 11.9. The number of esters is 1. The lowest BCUT2D eigenvalue weighted by atomic mass is 10.1. The van der Waals surface area contributed by atoms with Crippen molar-refractivity contribution in [3.63, 3.8) is 0 Å². The predicted octanol–water partition coefficient (Wildman–Crippen LogP) is 4.27. The Morgan fingerprint density at radius 2 is 1.80 bits per heavy atom. The van der Waals surface area contributed by atoms with Crippen molar-refractivity contribution >= 4 is 29.3 Å². The lowest BCUT2D eigenvalue weighted by molar-refractivity contribution is -0.150. The van der Waals surface area contributed by atoms with Crippen molar-refractivity contribution in [2.24, 2.45) is 0 Å².